The summed E-state index contributed by atoms with van der Waals surface area (Å²) in [7, 11) is 0. The van der Waals surface area contributed by atoms with E-state index in [1.165, 1.54) is 12.8 Å². The Labute approximate surface area is 108 Å². The minimum atomic E-state index is 0.563. The molecule has 1 aliphatic rings. The van der Waals surface area contributed by atoms with Crippen molar-refractivity contribution in [2.75, 3.05) is 0 Å². The van der Waals surface area contributed by atoms with Gasteiger partial charge < -0.3 is 0 Å². The fourth-order valence-corrected chi connectivity index (χ4v) is 2.26. The van der Waals surface area contributed by atoms with Gasteiger partial charge in [-0.3, -0.25) is 4.98 Å². The minimum Gasteiger partial charge on any atom is -0.264 e. The van der Waals surface area contributed by atoms with E-state index in [0.29, 0.717) is 5.92 Å². The van der Waals surface area contributed by atoms with Crippen LogP contribution in [0, 0.1) is 6.92 Å². The van der Waals surface area contributed by atoms with Gasteiger partial charge in [0.2, 0.25) is 0 Å². The Morgan fingerprint density at radius 1 is 1.29 bits per heavy atom. The zero-order valence-corrected chi connectivity index (χ0v) is 11.1. The van der Waals surface area contributed by atoms with Crippen molar-refractivity contribution in [2.45, 2.75) is 25.7 Å². The van der Waals surface area contributed by atoms with Crippen LogP contribution in [0.3, 0.4) is 0 Å². The zero-order chi connectivity index (χ0) is 11.8. The van der Waals surface area contributed by atoms with Crippen molar-refractivity contribution in [1.29, 1.82) is 0 Å². The second kappa shape index (κ2) is 4.18. The Morgan fingerprint density at radius 2 is 2.12 bits per heavy atom. The van der Waals surface area contributed by atoms with Gasteiger partial charge in [-0.05, 0) is 53.4 Å². The molecule has 0 aliphatic heterocycles. The number of halogens is 1. The largest absolute Gasteiger partial charge is 0.264 e. The average molecular weight is 290 g/mol. The first-order valence-corrected chi connectivity index (χ1v) is 6.49. The molecule has 0 saturated heterocycles. The molecule has 17 heavy (non-hydrogen) atoms. The highest BCUT2D eigenvalue weighted by atomic mass is 79.9. The van der Waals surface area contributed by atoms with Gasteiger partial charge >= 0.3 is 0 Å². The molecule has 0 bridgehead atoms. The predicted octanol–water partition coefficient (Wildman–Crippen LogP) is 3.49. The molecular formula is C13H12BrN3. The van der Waals surface area contributed by atoms with Crippen molar-refractivity contribution in [3.63, 3.8) is 0 Å². The molecule has 2 aromatic heterocycles. The second-order valence-corrected chi connectivity index (χ2v) is 5.21. The third kappa shape index (κ3) is 2.22. The van der Waals surface area contributed by atoms with E-state index < -0.39 is 0 Å². The van der Waals surface area contributed by atoms with Crippen LogP contribution in [0.5, 0.6) is 0 Å². The number of hydrogen-bond donors (Lipinski definition) is 0. The topological polar surface area (TPSA) is 38.7 Å². The highest BCUT2D eigenvalue weighted by Gasteiger charge is 2.27. The van der Waals surface area contributed by atoms with Crippen molar-refractivity contribution in [3.05, 3.63) is 40.5 Å². The minimum absolute atomic E-state index is 0.563. The van der Waals surface area contributed by atoms with Gasteiger partial charge in [-0.15, -0.1) is 0 Å². The quantitative estimate of drug-likeness (QED) is 0.795. The van der Waals surface area contributed by atoms with Crippen LogP contribution in [0.25, 0.3) is 11.3 Å². The summed E-state index contributed by atoms with van der Waals surface area (Å²) in [5.41, 5.74) is 3.25. The molecule has 0 amide bonds. The van der Waals surface area contributed by atoms with Crippen LogP contribution < -0.4 is 0 Å². The maximum absolute atomic E-state index is 4.66. The van der Waals surface area contributed by atoms with Crippen LogP contribution in [0.15, 0.2) is 29.1 Å². The summed E-state index contributed by atoms with van der Waals surface area (Å²) in [5, 5.41) is 0. The summed E-state index contributed by atoms with van der Waals surface area (Å²) >= 11 is 3.46. The molecule has 86 valence electrons. The van der Waals surface area contributed by atoms with Crippen LogP contribution >= 0.6 is 15.9 Å². The maximum atomic E-state index is 4.66. The highest BCUT2D eigenvalue weighted by Crippen LogP contribution is 2.39. The van der Waals surface area contributed by atoms with Gasteiger partial charge in [0.15, 0.2) is 0 Å². The molecule has 0 aromatic carbocycles. The van der Waals surface area contributed by atoms with Crippen molar-refractivity contribution in [2.24, 2.45) is 0 Å². The van der Waals surface area contributed by atoms with Crippen LogP contribution in [-0.2, 0) is 0 Å². The van der Waals surface area contributed by atoms with Gasteiger partial charge in [-0.25, -0.2) is 9.97 Å². The van der Waals surface area contributed by atoms with E-state index >= 15 is 0 Å². The average Bonchev–Trinajstić information content (AvgIpc) is 3.12. The molecule has 1 saturated carbocycles. The lowest BCUT2D eigenvalue weighted by molar-refractivity contribution is 0.918. The monoisotopic (exact) mass is 289 g/mol. The summed E-state index contributed by atoms with van der Waals surface area (Å²) < 4.78 is 0.862. The first kappa shape index (κ1) is 10.8. The van der Waals surface area contributed by atoms with Crippen LogP contribution in [-0.4, -0.2) is 15.0 Å². The van der Waals surface area contributed by atoms with Gasteiger partial charge in [-0.2, -0.15) is 0 Å². The Balaban J connectivity index is 2.11. The van der Waals surface area contributed by atoms with Gasteiger partial charge in [0.25, 0.3) is 0 Å². The van der Waals surface area contributed by atoms with E-state index in [1.54, 1.807) is 6.20 Å². The summed E-state index contributed by atoms with van der Waals surface area (Å²) in [6, 6.07) is 3.97. The number of pyridine rings is 1. The standard InChI is InChI=1S/C13H12BrN3/c1-8-7-15-5-4-10(8)11-6-12(14)17-13(16-11)9-2-3-9/h4-7,9H,2-3H2,1H3. The van der Waals surface area contributed by atoms with Crippen molar-refractivity contribution < 1.29 is 0 Å². The van der Waals surface area contributed by atoms with E-state index in [1.807, 2.05) is 18.3 Å². The normalized spacial score (nSPS) is 14.9. The fraction of sp³-hybridized carbons (Fsp3) is 0.308. The first-order valence-electron chi connectivity index (χ1n) is 5.69. The van der Waals surface area contributed by atoms with Crippen molar-refractivity contribution in [1.82, 2.24) is 15.0 Å². The molecule has 0 atom stereocenters. The molecule has 3 nitrogen and oxygen atoms in total. The molecule has 3 rings (SSSR count). The lowest BCUT2D eigenvalue weighted by Gasteiger charge is -2.06. The zero-order valence-electron chi connectivity index (χ0n) is 9.52. The molecule has 0 N–H and O–H groups in total. The third-order valence-corrected chi connectivity index (χ3v) is 3.36. The van der Waals surface area contributed by atoms with Gasteiger partial charge in [0.05, 0.1) is 5.69 Å². The van der Waals surface area contributed by atoms with E-state index in [9.17, 15) is 0 Å². The smallest absolute Gasteiger partial charge is 0.133 e. The molecule has 2 aromatic rings. The molecular weight excluding hydrogens is 278 g/mol. The molecule has 0 radical (unpaired) electrons. The molecule has 4 heteroatoms. The highest BCUT2D eigenvalue weighted by molar-refractivity contribution is 9.10. The lowest BCUT2D eigenvalue weighted by Crippen LogP contribution is -1.96. The number of rotatable bonds is 2. The molecule has 0 spiro atoms. The van der Waals surface area contributed by atoms with Gasteiger partial charge in [0, 0.05) is 23.9 Å². The third-order valence-electron chi connectivity index (χ3n) is 2.95. The van der Waals surface area contributed by atoms with E-state index in [2.05, 4.69) is 37.8 Å². The van der Waals surface area contributed by atoms with Gasteiger partial charge in [0.1, 0.15) is 10.4 Å². The van der Waals surface area contributed by atoms with E-state index in [4.69, 9.17) is 0 Å². The van der Waals surface area contributed by atoms with Gasteiger partial charge in [-0.1, -0.05) is 0 Å². The summed E-state index contributed by atoms with van der Waals surface area (Å²) in [6.07, 6.45) is 6.09. The number of hydrogen-bond acceptors (Lipinski definition) is 3. The summed E-state index contributed by atoms with van der Waals surface area (Å²) in [4.78, 5) is 13.2. The second-order valence-electron chi connectivity index (χ2n) is 4.40. The van der Waals surface area contributed by atoms with Crippen LogP contribution in [0.1, 0.15) is 30.1 Å². The SMILES string of the molecule is Cc1cnccc1-c1cc(Br)nc(C2CC2)n1. The van der Waals surface area contributed by atoms with Crippen molar-refractivity contribution in [3.8, 4) is 11.3 Å². The number of aromatic nitrogens is 3. The Bertz CT molecular complexity index is 564. The summed E-state index contributed by atoms with van der Waals surface area (Å²) in [5.74, 6) is 1.53. The van der Waals surface area contributed by atoms with Crippen molar-refractivity contribution >= 4 is 15.9 Å². The molecule has 1 aliphatic carbocycles. The molecule has 0 unspecified atom stereocenters. The van der Waals surface area contributed by atoms with E-state index in [-0.39, 0.29) is 0 Å². The van der Waals surface area contributed by atoms with Crippen LogP contribution in [0.2, 0.25) is 0 Å². The Morgan fingerprint density at radius 3 is 2.82 bits per heavy atom. The van der Waals surface area contributed by atoms with E-state index in [0.717, 1.165) is 27.2 Å². The maximum Gasteiger partial charge on any atom is 0.133 e. The number of nitrogens with zero attached hydrogens (tertiary/aromatic N) is 3. The van der Waals surface area contributed by atoms with Crippen LogP contribution in [0.4, 0.5) is 0 Å². The molecule has 2 heterocycles. The fourth-order valence-electron chi connectivity index (χ4n) is 1.86. The first-order chi connectivity index (χ1) is 8.24. The Hall–Kier alpha value is -1.29. The Kier molecular flexibility index (Phi) is 2.67. The summed E-state index contributed by atoms with van der Waals surface area (Å²) in [6.45, 7) is 2.05. The molecule has 1 fully saturated rings. The predicted molar refractivity (Wildman–Crippen MR) is 69.7 cm³/mol. The number of aryl methyl sites for hydroxylation is 1. The lowest BCUT2D eigenvalue weighted by atomic mass is 10.1.